The molecular weight excluding hydrogens is 636 g/mol. The van der Waals surface area contributed by atoms with Gasteiger partial charge in [0, 0.05) is 44.7 Å². The van der Waals surface area contributed by atoms with Crippen LogP contribution in [0.3, 0.4) is 0 Å². The van der Waals surface area contributed by atoms with Crippen molar-refractivity contribution in [1.82, 2.24) is 25.0 Å². The predicted octanol–water partition coefficient (Wildman–Crippen LogP) is 2.89. The first-order valence-electron chi connectivity index (χ1n) is 16.3. The number of amides is 3. The number of hydrogen-bond acceptors (Lipinski definition) is 11. The van der Waals surface area contributed by atoms with Crippen molar-refractivity contribution >= 4 is 35.5 Å². The molecule has 1 saturated heterocycles. The molecule has 0 radical (unpaired) electrons. The fourth-order valence-electron chi connectivity index (χ4n) is 5.67. The Morgan fingerprint density at radius 3 is 2.80 bits per heavy atom. The van der Waals surface area contributed by atoms with E-state index in [2.05, 4.69) is 20.7 Å². The molecule has 264 valence electrons. The number of cyclic esters (lactones) is 1. The Morgan fingerprint density at radius 1 is 1.24 bits per heavy atom. The van der Waals surface area contributed by atoms with Gasteiger partial charge in [-0.1, -0.05) is 43.7 Å². The van der Waals surface area contributed by atoms with E-state index in [0.717, 1.165) is 6.26 Å². The fraction of sp³-hybridized carbons (Fsp3) is 0.500. The molecule has 2 aromatic rings. The van der Waals surface area contributed by atoms with E-state index in [1.54, 1.807) is 44.5 Å². The molecule has 3 N–H and O–H groups in total. The minimum absolute atomic E-state index is 0.0209. The van der Waals surface area contributed by atoms with Crippen LogP contribution in [0.25, 0.3) is 0 Å². The number of ketones is 1. The van der Waals surface area contributed by atoms with Crippen LogP contribution in [-0.2, 0) is 37.3 Å². The average molecular weight is 681 g/mol. The van der Waals surface area contributed by atoms with Crippen LogP contribution in [0.5, 0.6) is 0 Å². The van der Waals surface area contributed by atoms with E-state index < -0.39 is 42.1 Å². The summed E-state index contributed by atoms with van der Waals surface area (Å²) in [7, 11) is 1.72. The summed E-state index contributed by atoms with van der Waals surface area (Å²) in [4.78, 5) is 70.1. The van der Waals surface area contributed by atoms with Gasteiger partial charge in [0.15, 0.2) is 11.5 Å². The Balaban J connectivity index is 1.51. The minimum atomic E-state index is -1.05. The molecule has 2 aromatic heterocycles. The summed E-state index contributed by atoms with van der Waals surface area (Å²) in [5.41, 5.74) is 0.647. The van der Waals surface area contributed by atoms with Gasteiger partial charge in [0.2, 0.25) is 11.8 Å². The number of Topliss-reactive ketones (excluding diaryl/α,β-unsaturated/α-hetero) is 1. The average Bonchev–Trinajstić information content (AvgIpc) is 3.81. The first kappa shape index (κ1) is 36.8. The largest absolute Gasteiger partial charge is 0.460 e. The van der Waals surface area contributed by atoms with Gasteiger partial charge in [-0.3, -0.25) is 24.4 Å². The third-order valence-corrected chi connectivity index (χ3v) is 8.20. The van der Waals surface area contributed by atoms with Gasteiger partial charge in [-0.25, -0.2) is 14.6 Å². The molecule has 4 rings (SSSR count). The number of aliphatic hydroxyl groups excluding tert-OH is 1. The van der Waals surface area contributed by atoms with Crippen molar-refractivity contribution in [2.75, 3.05) is 25.0 Å². The van der Waals surface area contributed by atoms with Gasteiger partial charge in [0.05, 0.1) is 19.1 Å². The summed E-state index contributed by atoms with van der Waals surface area (Å²) in [6.45, 7) is 5.94. The normalized spacial score (nSPS) is 24.3. The first-order chi connectivity index (χ1) is 23.4. The highest BCUT2D eigenvalue weighted by Crippen LogP contribution is 2.27. The number of nitrogens with zero attached hydrogens (tertiary/aromatic N) is 4. The number of aromatic nitrogens is 3. The summed E-state index contributed by atoms with van der Waals surface area (Å²) >= 11 is 0. The van der Waals surface area contributed by atoms with Gasteiger partial charge in [0.1, 0.15) is 24.2 Å². The molecule has 0 aliphatic carbocycles. The zero-order valence-electron chi connectivity index (χ0n) is 28.2. The highest BCUT2D eigenvalue weighted by molar-refractivity contribution is 5.95. The van der Waals surface area contributed by atoms with Crippen LogP contribution in [0.4, 0.5) is 10.6 Å². The number of aryl methyl sites for hydroxylation is 1. The smallest absolute Gasteiger partial charge is 0.412 e. The lowest BCUT2D eigenvalue weighted by Crippen LogP contribution is -2.44. The minimum Gasteiger partial charge on any atom is -0.460 e. The van der Waals surface area contributed by atoms with Crippen molar-refractivity contribution in [3.63, 3.8) is 0 Å². The van der Waals surface area contributed by atoms with E-state index in [4.69, 9.17) is 13.9 Å². The SMILES string of the molecule is CC1=C[C@@H](O)CC(=O)Cc2nc(co2)C(=O)N2CCC[C@@H]2C(=O)O[C@H]([C@H](C)CCOC(=O)Nc2ccn(C)n2)[C@H](C)/C=C/C(=O)NCC=C1. The highest BCUT2D eigenvalue weighted by atomic mass is 16.6. The zero-order valence-corrected chi connectivity index (χ0v) is 28.2. The quantitative estimate of drug-likeness (QED) is 0.393. The standard InChI is InChI=1S/C34H44N6O9/c1-21-7-5-13-35-29(43)10-9-22(2)31(23(3)12-16-47-34(46)37-28-11-15-39(4)38-28)49-33(45)27-8-6-14-40(27)32(44)26-20-48-30(36-26)19-25(42)18-24(41)17-21/h5,7,9-11,15,17,20,22-24,27,31,41H,6,8,12-14,16,18-19H2,1-4H3,(H,35,43)(H,37,38,46)/b7-5?,10-9+,21-17?/t22-,23-,24-,27-,31+/m1/s1. The van der Waals surface area contributed by atoms with Crippen molar-refractivity contribution in [3.05, 3.63) is 66.1 Å². The van der Waals surface area contributed by atoms with E-state index in [1.165, 1.54) is 21.7 Å². The van der Waals surface area contributed by atoms with Crippen LogP contribution in [-0.4, -0.2) is 92.4 Å². The zero-order chi connectivity index (χ0) is 35.5. The van der Waals surface area contributed by atoms with Gasteiger partial charge >= 0.3 is 12.1 Å². The Bertz CT molecular complexity index is 1590. The van der Waals surface area contributed by atoms with Crippen LogP contribution in [0, 0.1) is 11.8 Å². The molecule has 49 heavy (non-hydrogen) atoms. The lowest BCUT2D eigenvalue weighted by atomic mass is 9.90. The number of anilines is 1. The molecule has 0 saturated carbocycles. The lowest BCUT2D eigenvalue weighted by Gasteiger charge is -2.31. The van der Waals surface area contributed by atoms with Crippen molar-refractivity contribution < 1.29 is 43.0 Å². The number of fused-ring (bicyclic) bond motifs is 3. The molecule has 15 nitrogen and oxygen atoms in total. The number of nitrogens with one attached hydrogen (secondary N) is 2. The summed E-state index contributed by atoms with van der Waals surface area (Å²) in [6.07, 6.45) is 9.20. The molecular formula is C34H44N6O9. The lowest BCUT2D eigenvalue weighted by molar-refractivity contribution is -0.158. The van der Waals surface area contributed by atoms with E-state index in [9.17, 15) is 29.1 Å². The summed E-state index contributed by atoms with van der Waals surface area (Å²) < 4.78 is 18.3. The second-order valence-corrected chi connectivity index (χ2v) is 12.3. The van der Waals surface area contributed by atoms with Gasteiger partial charge < -0.3 is 29.2 Å². The Morgan fingerprint density at radius 2 is 2.04 bits per heavy atom. The molecule has 5 atom stereocenters. The van der Waals surface area contributed by atoms with Crippen LogP contribution in [0.15, 0.2) is 58.9 Å². The van der Waals surface area contributed by atoms with E-state index in [-0.39, 0.29) is 55.2 Å². The molecule has 0 aromatic carbocycles. The second-order valence-electron chi connectivity index (χ2n) is 12.3. The number of allylic oxidation sites excluding steroid dienone is 2. The second kappa shape index (κ2) is 17.4. The molecule has 1 fully saturated rings. The Labute approximate surface area is 284 Å². The van der Waals surface area contributed by atoms with E-state index in [0.29, 0.717) is 37.2 Å². The number of rotatable bonds is 5. The van der Waals surface area contributed by atoms with Crippen molar-refractivity contribution in [3.8, 4) is 0 Å². The molecule has 2 aliphatic heterocycles. The van der Waals surface area contributed by atoms with Crippen molar-refractivity contribution in [1.29, 1.82) is 0 Å². The maximum atomic E-state index is 13.6. The molecule has 15 heteroatoms. The maximum absolute atomic E-state index is 13.6. The van der Waals surface area contributed by atoms with Gasteiger partial charge in [-0.05, 0) is 38.2 Å². The number of aliphatic hydroxyl groups is 1. The molecule has 2 aliphatic rings. The highest BCUT2D eigenvalue weighted by Gasteiger charge is 2.39. The van der Waals surface area contributed by atoms with Crippen molar-refractivity contribution in [2.45, 2.75) is 71.1 Å². The maximum Gasteiger partial charge on any atom is 0.412 e. The fourth-order valence-corrected chi connectivity index (χ4v) is 5.67. The van der Waals surface area contributed by atoms with Crippen LogP contribution in [0.2, 0.25) is 0 Å². The molecule has 4 heterocycles. The van der Waals surface area contributed by atoms with Crippen LogP contribution in [0.1, 0.15) is 62.8 Å². The van der Waals surface area contributed by atoms with Crippen LogP contribution < -0.4 is 10.6 Å². The monoisotopic (exact) mass is 680 g/mol. The third kappa shape index (κ3) is 11.0. The third-order valence-electron chi connectivity index (χ3n) is 8.20. The van der Waals surface area contributed by atoms with E-state index >= 15 is 0 Å². The number of hydrogen-bond donors (Lipinski definition) is 3. The number of ether oxygens (including phenoxy) is 2. The number of esters is 1. The number of oxazole rings is 1. The van der Waals surface area contributed by atoms with E-state index in [1.807, 2.05) is 13.8 Å². The Kier molecular flexibility index (Phi) is 13.0. The van der Waals surface area contributed by atoms with Crippen molar-refractivity contribution in [2.24, 2.45) is 18.9 Å². The number of carbonyl (C=O) groups excluding carboxylic acids is 5. The first-order valence-corrected chi connectivity index (χ1v) is 16.3. The summed E-state index contributed by atoms with van der Waals surface area (Å²) in [5.74, 6) is -2.24. The predicted molar refractivity (Wildman–Crippen MR) is 176 cm³/mol. The Hall–Kier alpha value is -5.05. The summed E-state index contributed by atoms with van der Waals surface area (Å²) in [6, 6.07) is 0.740. The topological polar surface area (TPSA) is 195 Å². The summed E-state index contributed by atoms with van der Waals surface area (Å²) in [5, 5.41) is 19.7. The van der Waals surface area contributed by atoms with Gasteiger partial charge in [0.25, 0.3) is 5.91 Å². The van der Waals surface area contributed by atoms with Gasteiger partial charge in [-0.15, -0.1) is 0 Å². The molecule has 0 spiro atoms. The number of carbonyl (C=O) groups is 5. The molecule has 0 unspecified atom stereocenters. The molecule has 2 bridgehead atoms. The van der Waals surface area contributed by atoms with Crippen LogP contribution >= 0.6 is 0 Å². The molecule has 3 amide bonds. The van der Waals surface area contributed by atoms with Gasteiger partial charge in [-0.2, -0.15) is 5.10 Å².